The number of allylic oxidation sites excluding steroid dienone is 4. The molecular formula is C16H17NO4. The van der Waals surface area contributed by atoms with Gasteiger partial charge in [-0.05, 0) is 36.5 Å². The van der Waals surface area contributed by atoms with E-state index >= 15 is 0 Å². The molecule has 1 aliphatic rings. The van der Waals surface area contributed by atoms with Crippen LogP contribution in [0.25, 0.3) is 5.57 Å². The zero-order valence-corrected chi connectivity index (χ0v) is 11.9. The first kappa shape index (κ1) is 15.0. The van der Waals surface area contributed by atoms with E-state index in [2.05, 4.69) is 0 Å². The SMILES string of the molecule is CCOC(=O)CCC1=CC=CCc2ccc([N+](=O)[O-])cc21. The number of carbonyl (C=O) groups excluding carboxylic acids is 1. The maximum Gasteiger partial charge on any atom is 0.306 e. The van der Waals surface area contributed by atoms with Gasteiger partial charge in [0.15, 0.2) is 0 Å². The highest BCUT2D eigenvalue weighted by molar-refractivity contribution is 5.77. The molecule has 1 aromatic carbocycles. The monoisotopic (exact) mass is 287 g/mol. The van der Waals surface area contributed by atoms with E-state index in [1.807, 2.05) is 18.2 Å². The van der Waals surface area contributed by atoms with Crippen LogP contribution in [0.3, 0.4) is 0 Å². The first-order valence-electron chi connectivity index (χ1n) is 6.91. The summed E-state index contributed by atoms with van der Waals surface area (Å²) in [5.41, 5.74) is 2.87. The van der Waals surface area contributed by atoms with Crippen molar-refractivity contribution in [3.05, 3.63) is 57.7 Å². The van der Waals surface area contributed by atoms with Gasteiger partial charge in [0.1, 0.15) is 0 Å². The van der Waals surface area contributed by atoms with Crippen LogP contribution in [0.1, 0.15) is 30.9 Å². The zero-order chi connectivity index (χ0) is 15.2. The van der Waals surface area contributed by atoms with E-state index < -0.39 is 4.92 Å². The molecule has 0 radical (unpaired) electrons. The van der Waals surface area contributed by atoms with Crippen LogP contribution in [0.5, 0.6) is 0 Å². The molecule has 0 saturated carbocycles. The molecule has 0 saturated heterocycles. The van der Waals surface area contributed by atoms with Crippen molar-refractivity contribution < 1.29 is 14.5 Å². The summed E-state index contributed by atoms with van der Waals surface area (Å²) in [6, 6.07) is 4.88. The molecule has 0 amide bonds. The Bertz CT molecular complexity index is 617. The lowest BCUT2D eigenvalue weighted by molar-refractivity contribution is -0.384. The number of rotatable bonds is 5. The second kappa shape index (κ2) is 6.83. The van der Waals surface area contributed by atoms with Gasteiger partial charge >= 0.3 is 5.97 Å². The van der Waals surface area contributed by atoms with Crippen molar-refractivity contribution in [1.82, 2.24) is 0 Å². The molecule has 5 heteroatoms. The van der Waals surface area contributed by atoms with Crippen LogP contribution in [0.4, 0.5) is 5.69 Å². The lowest BCUT2D eigenvalue weighted by Gasteiger charge is -2.10. The maximum absolute atomic E-state index is 11.5. The van der Waals surface area contributed by atoms with Crippen LogP contribution < -0.4 is 0 Å². The normalized spacial score (nSPS) is 13.1. The Morgan fingerprint density at radius 2 is 2.24 bits per heavy atom. The Kier molecular flexibility index (Phi) is 4.87. The molecule has 2 rings (SSSR count). The Labute approximate surface area is 123 Å². The topological polar surface area (TPSA) is 69.4 Å². The molecule has 0 unspecified atom stereocenters. The van der Waals surface area contributed by atoms with E-state index in [-0.39, 0.29) is 18.1 Å². The van der Waals surface area contributed by atoms with E-state index in [0.29, 0.717) is 13.0 Å². The van der Waals surface area contributed by atoms with Gasteiger partial charge in [0.25, 0.3) is 5.69 Å². The largest absolute Gasteiger partial charge is 0.466 e. The number of non-ortho nitro benzene ring substituents is 1. The molecule has 110 valence electrons. The molecular weight excluding hydrogens is 270 g/mol. The van der Waals surface area contributed by atoms with Gasteiger partial charge in [-0.3, -0.25) is 14.9 Å². The van der Waals surface area contributed by atoms with Crippen molar-refractivity contribution in [2.45, 2.75) is 26.2 Å². The summed E-state index contributed by atoms with van der Waals surface area (Å²) in [4.78, 5) is 22.0. The van der Waals surface area contributed by atoms with Crippen LogP contribution in [-0.4, -0.2) is 17.5 Å². The van der Waals surface area contributed by atoms with Gasteiger partial charge in [0.2, 0.25) is 0 Å². The molecule has 0 aliphatic heterocycles. The molecule has 0 N–H and O–H groups in total. The summed E-state index contributed by atoms with van der Waals surface area (Å²) in [5.74, 6) is -0.251. The van der Waals surface area contributed by atoms with Gasteiger partial charge in [-0.2, -0.15) is 0 Å². The molecule has 1 aromatic rings. The zero-order valence-electron chi connectivity index (χ0n) is 11.9. The minimum Gasteiger partial charge on any atom is -0.466 e. The number of hydrogen-bond acceptors (Lipinski definition) is 4. The Morgan fingerprint density at radius 1 is 1.43 bits per heavy atom. The third-order valence-corrected chi connectivity index (χ3v) is 3.33. The number of nitrogens with zero attached hydrogens (tertiary/aromatic N) is 1. The van der Waals surface area contributed by atoms with Crippen molar-refractivity contribution in [1.29, 1.82) is 0 Å². The van der Waals surface area contributed by atoms with Crippen molar-refractivity contribution in [2.24, 2.45) is 0 Å². The van der Waals surface area contributed by atoms with Crippen LogP contribution in [-0.2, 0) is 16.0 Å². The summed E-state index contributed by atoms with van der Waals surface area (Å²) in [6.07, 6.45) is 7.35. The second-order valence-corrected chi connectivity index (χ2v) is 4.73. The fraction of sp³-hybridized carbons (Fsp3) is 0.312. The van der Waals surface area contributed by atoms with Crippen molar-refractivity contribution in [2.75, 3.05) is 6.61 Å². The highest BCUT2D eigenvalue weighted by Crippen LogP contribution is 2.30. The van der Waals surface area contributed by atoms with E-state index in [1.165, 1.54) is 6.07 Å². The van der Waals surface area contributed by atoms with E-state index in [0.717, 1.165) is 23.1 Å². The number of carbonyl (C=O) groups is 1. The number of nitro benzene ring substituents is 1. The second-order valence-electron chi connectivity index (χ2n) is 4.73. The predicted molar refractivity (Wildman–Crippen MR) is 79.8 cm³/mol. The molecule has 0 bridgehead atoms. The molecule has 0 spiro atoms. The van der Waals surface area contributed by atoms with Crippen molar-refractivity contribution in [3.8, 4) is 0 Å². The smallest absolute Gasteiger partial charge is 0.306 e. The summed E-state index contributed by atoms with van der Waals surface area (Å²) in [6.45, 7) is 2.13. The number of nitro groups is 1. The Hall–Kier alpha value is -2.43. The summed E-state index contributed by atoms with van der Waals surface area (Å²) >= 11 is 0. The Morgan fingerprint density at radius 3 is 2.95 bits per heavy atom. The Balaban J connectivity index is 2.25. The fourth-order valence-corrected chi connectivity index (χ4v) is 2.31. The molecule has 5 nitrogen and oxygen atoms in total. The van der Waals surface area contributed by atoms with Gasteiger partial charge in [-0.25, -0.2) is 0 Å². The highest BCUT2D eigenvalue weighted by atomic mass is 16.6. The number of ether oxygens (including phenoxy) is 1. The van der Waals surface area contributed by atoms with Crippen molar-refractivity contribution in [3.63, 3.8) is 0 Å². The first-order valence-corrected chi connectivity index (χ1v) is 6.91. The van der Waals surface area contributed by atoms with Crippen LogP contribution in [0.15, 0.2) is 36.4 Å². The third kappa shape index (κ3) is 3.78. The molecule has 0 atom stereocenters. The molecule has 0 heterocycles. The van der Waals surface area contributed by atoms with Gasteiger partial charge in [0.05, 0.1) is 11.5 Å². The van der Waals surface area contributed by atoms with Crippen LogP contribution in [0.2, 0.25) is 0 Å². The van der Waals surface area contributed by atoms with Gasteiger partial charge < -0.3 is 4.74 Å². The highest BCUT2D eigenvalue weighted by Gasteiger charge is 2.15. The molecule has 1 aliphatic carbocycles. The van der Waals surface area contributed by atoms with Gasteiger partial charge in [0, 0.05) is 18.6 Å². The van der Waals surface area contributed by atoms with Crippen LogP contribution >= 0.6 is 0 Å². The number of hydrogen-bond donors (Lipinski definition) is 0. The summed E-state index contributed by atoms with van der Waals surface area (Å²) in [5, 5.41) is 10.9. The maximum atomic E-state index is 11.5. The first-order chi connectivity index (χ1) is 10.1. The quantitative estimate of drug-likeness (QED) is 0.472. The minimum absolute atomic E-state index is 0.0673. The number of fused-ring (bicyclic) bond motifs is 1. The molecule has 0 aromatic heterocycles. The lowest BCUT2D eigenvalue weighted by Crippen LogP contribution is -2.04. The molecule has 21 heavy (non-hydrogen) atoms. The van der Waals surface area contributed by atoms with E-state index in [4.69, 9.17) is 4.74 Å². The lowest BCUT2D eigenvalue weighted by atomic mass is 9.95. The minimum atomic E-state index is -0.401. The third-order valence-electron chi connectivity index (χ3n) is 3.33. The van der Waals surface area contributed by atoms with Gasteiger partial charge in [-0.15, -0.1) is 0 Å². The predicted octanol–water partition coefficient (Wildman–Crippen LogP) is 3.43. The van der Waals surface area contributed by atoms with Crippen LogP contribution in [0, 0.1) is 10.1 Å². The van der Waals surface area contributed by atoms with E-state index in [9.17, 15) is 14.9 Å². The number of benzene rings is 1. The standard InChI is InChI=1S/C16H17NO4/c1-2-21-16(18)10-8-13-6-4-3-5-12-7-9-14(17(19)20)11-15(12)13/h3-4,6-7,9,11H,2,5,8,10H2,1H3. The van der Waals surface area contributed by atoms with Gasteiger partial charge in [-0.1, -0.05) is 24.3 Å². The molecule has 0 fully saturated rings. The number of esters is 1. The van der Waals surface area contributed by atoms with Crippen molar-refractivity contribution >= 4 is 17.2 Å². The summed E-state index contributed by atoms with van der Waals surface area (Å²) in [7, 11) is 0. The average molecular weight is 287 g/mol. The summed E-state index contributed by atoms with van der Waals surface area (Å²) < 4.78 is 4.92. The van der Waals surface area contributed by atoms with E-state index in [1.54, 1.807) is 19.1 Å². The fourth-order valence-electron chi connectivity index (χ4n) is 2.31. The average Bonchev–Trinajstić information content (AvgIpc) is 2.66.